The van der Waals surface area contributed by atoms with Crippen molar-refractivity contribution in [2.75, 3.05) is 38.3 Å². The fourth-order valence-electron chi connectivity index (χ4n) is 2.90. The summed E-state index contributed by atoms with van der Waals surface area (Å²) in [5.74, 6) is 0.152. The largest absolute Gasteiger partial charge is 0.504 e. The maximum absolute atomic E-state index is 9.86. The van der Waals surface area contributed by atoms with Crippen LogP contribution in [-0.4, -0.2) is 58.6 Å². The normalized spacial score (nSPS) is 14.8. The van der Waals surface area contributed by atoms with E-state index in [4.69, 9.17) is 9.47 Å². The first-order valence-electron chi connectivity index (χ1n) is 7.94. The minimum atomic E-state index is -0.296. The summed E-state index contributed by atoms with van der Waals surface area (Å²) in [6.07, 6.45) is 1.81. The number of anilines is 1. The van der Waals surface area contributed by atoms with Gasteiger partial charge in [-0.05, 0) is 18.2 Å². The van der Waals surface area contributed by atoms with Crippen LogP contribution in [0.4, 0.5) is 5.69 Å². The second-order valence-corrected chi connectivity index (χ2v) is 5.79. The van der Waals surface area contributed by atoms with Gasteiger partial charge in [0.15, 0.2) is 17.1 Å². The van der Waals surface area contributed by atoms with Crippen molar-refractivity contribution >= 4 is 16.9 Å². The molecule has 8 heteroatoms. The Morgan fingerprint density at radius 1 is 1.20 bits per heavy atom. The smallest absolute Gasteiger partial charge is 0.200 e. The Morgan fingerprint density at radius 3 is 2.76 bits per heavy atom. The molecular formula is C17H18N4O4. The molecule has 3 N–H and O–H groups in total. The molecule has 3 heterocycles. The quantitative estimate of drug-likeness (QED) is 0.624. The molecule has 2 aromatic heterocycles. The van der Waals surface area contributed by atoms with Gasteiger partial charge in [-0.1, -0.05) is 0 Å². The number of nitrogens with one attached hydrogen (secondary N) is 1. The van der Waals surface area contributed by atoms with Gasteiger partial charge < -0.3 is 29.6 Å². The van der Waals surface area contributed by atoms with Crippen LogP contribution in [0, 0.1) is 0 Å². The first-order valence-corrected chi connectivity index (χ1v) is 7.94. The van der Waals surface area contributed by atoms with Crippen molar-refractivity contribution in [2.45, 2.75) is 0 Å². The Morgan fingerprint density at radius 2 is 2.00 bits per heavy atom. The van der Waals surface area contributed by atoms with Gasteiger partial charge in [0.2, 0.25) is 5.75 Å². The molecule has 8 nitrogen and oxygen atoms in total. The standard InChI is InChI=1S/C17H18N4O4/c1-24-14-7-10(6-13(22)15(14)23)16-19-12-8-11(9-18-17(12)20-16)21-2-4-25-5-3-21/h6-9,22-23H,2-5H2,1H3,(H,18,19,20). The van der Waals surface area contributed by atoms with Crippen molar-refractivity contribution in [3.05, 3.63) is 24.4 Å². The lowest BCUT2D eigenvalue weighted by Gasteiger charge is -2.28. The number of benzene rings is 1. The number of rotatable bonds is 3. The molecule has 0 saturated carbocycles. The molecule has 0 bridgehead atoms. The summed E-state index contributed by atoms with van der Waals surface area (Å²) in [7, 11) is 1.42. The van der Waals surface area contributed by atoms with Crippen LogP contribution in [0.25, 0.3) is 22.6 Å². The SMILES string of the molecule is COc1cc(-c2nc3cc(N4CCOCC4)cnc3[nH]2)cc(O)c1O. The lowest BCUT2D eigenvalue weighted by atomic mass is 10.1. The Hall–Kier alpha value is -3.00. The van der Waals surface area contributed by atoms with E-state index in [-0.39, 0.29) is 17.2 Å². The molecule has 1 aromatic carbocycles. The van der Waals surface area contributed by atoms with Crippen molar-refractivity contribution in [1.29, 1.82) is 0 Å². The molecule has 130 valence electrons. The predicted molar refractivity (Wildman–Crippen MR) is 92.2 cm³/mol. The van der Waals surface area contributed by atoms with Gasteiger partial charge in [0.1, 0.15) is 11.3 Å². The fourth-order valence-corrected chi connectivity index (χ4v) is 2.90. The van der Waals surface area contributed by atoms with Gasteiger partial charge >= 0.3 is 0 Å². The number of hydrogen-bond donors (Lipinski definition) is 3. The van der Waals surface area contributed by atoms with Crippen LogP contribution < -0.4 is 9.64 Å². The number of pyridine rings is 1. The number of H-pyrrole nitrogens is 1. The van der Waals surface area contributed by atoms with E-state index in [1.807, 2.05) is 12.3 Å². The molecule has 25 heavy (non-hydrogen) atoms. The van der Waals surface area contributed by atoms with E-state index in [2.05, 4.69) is 19.9 Å². The minimum absolute atomic E-state index is 0.178. The van der Waals surface area contributed by atoms with E-state index in [9.17, 15) is 10.2 Å². The summed E-state index contributed by atoms with van der Waals surface area (Å²) in [5.41, 5.74) is 2.97. The van der Waals surface area contributed by atoms with E-state index in [1.54, 1.807) is 6.07 Å². The molecule has 0 amide bonds. The van der Waals surface area contributed by atoms with Crippen LogP contribution >= 0.6 is 0 Å². The third-order valence-electron chi connectivity index (χ3n) is 4.25. The average Bonchev–Trinajstić information content (AvgIpc) is 3.08. The van der Waals surface area contributed by atoms with Crippen LogP contribution in [0.2, 0.25) is 0 Å². The molecule has 0 radical (unpaired) electrons. The Balaban J connectivity index is 1.73. The van der Waals surface area contributed by atoms with E-state index < -0.39 is 0 Å². The number of nitrogens with zero attached hydrogens (tertiary/aromatic N) is 3. The summed E-state index contributed by atoms with van der Waals surface area (Å²) in [6, 6.07) is 5.01. The van der Waals surface area contributed by atoms with Gasteiger partial charge in [-0.25, -0.2) is 9.97 Å². The second kappa shape index (κ2) is 6.14. The van der Waals surface area contributed by atoms with Gasteiger partial charge in [-0.3, -0.25) is 0 Å². The molecule has 1 saturated heterocycles. The maximum Gasteiger partial charge on any atom is 0.200 e. The van der Waals surface area contributed by atoms with Gasteiger partial charge in [-0.2, -0.15) is 0 Å². The Labute approximate surface area is 143 Å². The van der Waals surface area contributed by atoms with E-state index in [0.717, 1.165) is 24.3 Å². The number of phenolic OH excluding ortho intramolecular Hbond substituents is 2. The van der Waals surface area contributed by atoms with Crippen molar-refractivity contribution in [2.24, 2.45) is 0 Å². The molecule has 1 fully saturated rings. The Bertz CT molecular complexity index is 918. The van der Waals surface area contributed by atoms with Crippen LogP contribution in [0.15, 0.2) is 24.4 Å². The van der Waals surface area contributed by atoms with Crippen LogP contribution in [0.5, 0.6) is 17.2 Å². The zero-order valence-corrected chi connectivity index (χ0v) is 13.7. The van der Waals surface area contributed by atoms with E-state index in [0.29, 0.717) is 30.2 Å². The molecule has 4 rings (SSSR count). The topological polar surface area (TPSA) is 104 Å². The van der Waals surface area contributed by atoms with Gasteiger partial charge in [0.05, 0.1) is 32.2 Å². The first kappa shape index (κ1) is 15.5. The number of fused-ring (bicyclic) bond motifs is 1. The van der Waals surface area contributed by atoms with Crippen molar-refractivity contribution in [3.8, 4) is 28.6 Å². The van der Waals surface area contributed by atoms with Crippen molar-refractivity contribution < 1.29 is 19.7 Å². The van der Waals surface area contributed by atoms with Crippen molar-refractivity contribution in [3.63, 3.8) is 0 Å². The number of aromatic nitrogens is 3. The summed E-state index contributed by atoms with van der Waals surface area (Å²) in [4.78, 5) is 14.3. The van der Waals surface area contributed by atoms with Crippen LogP contribution in [-0.2, 0) is 4.74 Å². The maximum atomic E-state index is 9.86. The Kier molecular flexibility index (Phi) is 3.81. The highest BCUT2D eigenvalue weighted by Crippen LogP contribution is 2.39. The highest BCUT2D eigenvalue weighted by Gasteiger charge is 2.16. The molecular weight excluding hydrogens is 324 g/mol. The highest BCUT2D eigenvalue weighted by atomic mass is 16.5. The zero-order valence-electron chi connectivity index (χ0n) is 13.7. The number of aromatic amines is 1. The van der Waals surface area contributed by atoms with Crippen LogP contribution in [0.3, 0.4) is 0 Å². The number of morpholine rings is 1. The lowest BCUT2D eigenvalue weighted by molar-refractivity contribution is 0.122. The summed E-state index contributed by atoms with van der Waals surface area (Å²) >= 11 is 0. The monoisotopic (exact) mass is 342 g/mol. The lowest BCUT2D eigenvalue weighted by Crippen LogP contribution is -2.36. The molecule has 3 aromatic rings. The molecule has 1 aliphatic rings. The first-order chi connectivity index (χ1) is 12.2. The molecule has 0 unspecified atom stereocenters. The predicted octanol–water partition coefficient (Wildman–Crippen LogP) is 1.88. The molecule has 1 aliphatic heterocycles. The number of hydrogen-bond acceptors (Lipinski definition) is 7. The average molecular weight is 342 g/mol. The summed E-state index contributed by atoms with van der Waals surface area (Å²) in [5, 5.41) is 19.6. The number of ether oxygens (including phenoxy) is 2. The summed E-state index contributed by atoms with van der Waals surface area (Å²) < 4.78 is 10.4. The second-order valence-electron chi connectivity index (χ2n) is 5.79. The third-order valence-corrected chi connectivity index (χ3v) is 4.25. The summed E-state index contributed by atoms with van der Waals surface area (Å²) in [6.45, 7) is 3.06. The molecule has 0 spiro atoms. The van der Waals surface area contributed by atoms with E-state index >= 15 is 0 Å². The number of methoxy groups -OCH3 is 1. The fraction of sp³-hybridized carbons (Fsp3) is 0.294. The number of imidazole rings is 1. The van der Waals surface area contributed by atoms with Crippen molar-refractivity contribution in [1.82, 2.24) is 15.0 Å². The molecule has 0 aliphatic carbocycles. The minimum Gasteiger partial charge on any atom is -0.504 e. The van der Waals surface area contributed by atoms with Gasteiger partial charge in [0, 0.05) is 18.7 Å². The highest BCUT2D eigenvalue weighted by molar-refractivity contribution is 5.80. The third kappa shape index (κ3) is 2.80. The van der Waals surface area contributed by atoms with Gasteiger partial charge in [-0.15, -0.1) is 0 Å². The molecule has 0 atom stereocenters. The zero-order chi connectivity index (χ0) is 17.4. The number of aromatic hydroxyl groups is 2. The van der Waals surface area contributed by atoms with Crippen LogP contribution in [0.1, 0.15) is 0 Å². The van der Waals surface area contributed by atoms with Gasteiger partial charge in [0.25, 0.3) is 0 Å². The van der Waals surface area contributed by atoms with E-state index in [1.165, 1.54) is 13.2 Å². The number of phenols is 2.